The average molecular weight is 244 g/mol. The summed E-state index contributed by atoms with van der Waals surface area (Å²) in [5, 5.41) is 0. The number of Topliss-reactive ketones (excluding diaryl/α,β-unsaturated/α-hetero) is 1. The number of nitrogens with two attached hydrogens (primary N) is 1. The highest BCUT2D eigenvalue weighted by molar-refractivity contribution is 5.97. The van der Waals surface area contributed by atoms with Crippen LogP contribution in [-0.2, 0) is 13.0 Å². The number of hydrogen-bond donors (Lipinski definition) is 1. The minimum atomic E-state index is -0.507. The quantitative estimate of drug-likeness (QED) is 0.838. The van der Waals surface area contributed by atoms with Crippen molar-refractivity contribution in [2.45, 2.75) is 13.0 Å². The van der Waals surface area contributed by atoms with E-state index in [2.05, 4.69) is 4.98 Å². The summed E-state index contributed by atoms with van der Waals surface area (Å²) in [6.45, 7) is 0.380. The van der Waals surface area contributed by atoms with Crippen LogP contribution < -0.4 is 5.73 Å². The summed E-state index contributed by atoms with van der Waals surface area (Å²) in [5.41, 5.74) is 7.68. The number of nitrogens with zero attached hydrogens (tertiary/aromatic N) is 1. The van der Waals surface area contributed by atoms with Crippen molar-refractivity contribution >= 4 is 5.78 Å². The van der Waals surface area contributed by atoms with Gasteiger partial charge >= 0.3 is 0 Å². The zero-order valence-corrected chi connectivity index (χ0v) is 9.77. The molecule has 0 saturated heterocycles. The second-order valence-electron chi connectivity index (χ2n) is 3.96. The molecule has 18 heavy (non-hydrogen) atoms. The number of carbonyl (C=O) groups excluding carboxylic acids is 1. The number of halogens is 1. The van der Waals surface area contributed by atoms with Crippen molar-refractivity contribution in [1.82, 2.24) is 4.98 Å². The van der Waals surface area contributed by atoms with Crippen molar-refractivity contribution in [3.05, 3.63) is 65.2 Å². The maximum absolute atomic E-state index is 13.0. The fourth-order valence-corrected chi connectivity index (χ4v) is 1.77. The minimum absolute atomic E-state index is 0.164. The molecular formula is C14H13FN2O. The van der Waals surface area contributed by atoms with Gasteiger partial charge in [-0.15, -0.1) is 0 Å². The molecule has 0 unspecified atom stereocenters. The number of aromatic nitrogens is 1. The lowest BCUT2D eigenvalue weighted by molar-refractivity contribution is 0.0992. The Morgan fingerprint density at radius 1 is 1.22 bits per heavy atom. The maximum atomic E-state index is 13.0. The topological polar surface area (TPSA) is 56.0 Å². The van der Waals surface area contributed by atoms with Crippen LogP contribution in [-0.4, -0.2) is 10.8 Å². The first-order valence-electron chi connectivity index (χ1n) is 5.61. The monoisotopic (exact) mass is 244 g/mol. The number of pyridine rings is 1. The molecule has 1 heterocycles. The molecule has 0 bridgehead atoms. The van der Waals surface area contributed by atoms with Crippen LogP contribution in [0.15, 0.2) is 42.7 Å². The molecule has 2 rings (SSSR count). The van der Waals surface area contributed by atoms with Crippen molar-refractivity contribution < 1.29 is 9.18 Å². The lowest BCUT2D eigenvalue weighted by atomic mass is 9.99. The van der Waals surface area contributed by atoms with Gasteiger partial charge in [-0.1, -0.05) is 24.3 Å². The zero-order chi connectivity index (χ0) is 13.0. The molecule has 1 aromatic heterocycles. The van der Waals surface area contributed by atoms with Crippen molar-refractivity contribution in [2.75, 3.05) is 0 Å². The van der Waals surface area contributed by atoms with Crippen LogP contribution in [0.2, 0.25) is 0 Å². The standard InChI is InChI=1S/C14H13FN2O/c15-13-5-12(8-17-9-13)14(18)6-10-3-1-2-4-11(10)7-16/h1-5,8-9H,6-7,16H2. The number of carbonyl (C=O) groups is 1. The van der Waals surface area contributed by atoms with Crippen LogP contribution in [0.1, 0.15) is 21.5 Å². The third-order valence-electron chi connectivity index (χ3n) is 2.72. The summed E-state index contributed by atoms with van der Waals surface area (Å²) in [4.78, 5) is 15.7. The van der Waals surface area contributed by atoms with Gasteiger partial charge in [0.1, 0.15) is 5.82 Å². The summed E-state index contributed by atoms with van der Waals surface area (Å²) in [6, 6.07) is 8.66. The first-order valence-corrected chi connectivity index (χ1v) is 5.61. The van der Waals surface area contributed by atoms with Crippen molar-refractivity contribution in [1.29, 1.82) is 0 Å². The predicted octanol–water partition coefficient (Wildman–Crippen LogP) is 2.10. The lowest BCUT2D eigenvalue weighted by Gasteiger charge is -2.06. The molecule has 1 aromatic carbocycles. The summed E-state index contributed by atoms with van der Waals surface area (Å²) in [5.74, 6) is -0.670. The molecule has 3 nitrogen and oxygen atoms in total. The Morgan fingerprint density at radius 2 is 1.94 bits per heavy atom. The molecular weight excluding hydrogens is 231 g/mol. The minimum Gasteiger partial charge on any atom is -0.326 e. The van der Waals surface area contributed by atoms with Gasteiger partial charge in [-0.25, -0.2) is 4.39 Å². The van der Waals surface area contributed by atoms with E-state index in [1.54, 1.807) is 0 Å². The van der Waals surface area contributed by atoms with Crippen molar-refractivity contribution in [2.24, 2.45) is 5.73 Å². The molecule has 0 fully saturated rings. The van der Waals surface area contributed by atoms with E-state index in [1.165, 1.54) is 12.3 Å². The smallest absolute Gasteiger partial charge is 0.168 e. The molecule has 2 aromatic rings. The van der Waals surface area contributed by atoms with E-state index in [0.29, 0.717) is 6.54 Å². The molecule has 4 heteroatoms. The van der Waals surface area contributed by atoms with Crippen LogP contribution in [0.4, 0.5) is 4.39 Å². The molecule has 0 spiro atoms. The number of ketones is 1. The van der Waals surface area contributed by atoms with E-state index in [9.17, 15) is 9.18 Å². The van der Waals surface area contributed by atoms with Crippen LogP contribution in [0.25, 0.3) is 0 Å². The van der Waals surface area contributed by atoms with Crippen LogP contribution in [0.3, 0.4) is 0 Å². The van der Waals surface area contributed by atoms with Gasteiger partial charge in [-0.3, -0.25) is 9.78 Å². The van der Waals surface area contributed by atoms with Gasteiger partial charge in [-0.2, -0.15) is 0 Å². The predicted molar refractivity (Wildman–Crippen MR) is 66.6 cm³/mol. The van der Waals surface area contributed by atoms with E-state index in [1.807, 2.05) is 24.3 Å². The van der Waals surface area contributed by atoms with Crippen LogP contribution >= 0.6 is 0 Å². The highest BCUT2D eigenvalue weighted by Crippen LogP contribution is 2.12. The highest BCUT2D eigenvalue weighted by Gasteiger charge is 2.10. The molecule has 0 aliphatic rings. The molecule has 0 radical (unpaired) electrons. The van der Waals surface area contributed by atoms with E-state index in [0.717, 1.165) is 17.3 Å². The van der Waals surface area contributed by atoms with Gasteiger partial charge in [0.15, 0.2) is 5.78 Å². The Hall–Kier alpha value is -2.07. The summed E-state index contributed by atoms with van der Waals surface area (Å²) >= 11 is 0. The van der Waals surface area contributed by atoms with Gasteiger partial charge in [0.05, 0.1) is 6.20 Å². The number of rotatable bonds is 4. The number of hydrogen-bond acceptors (Lipinski definition) is 3. The Balaban J connectivity index is 2.21. The SMILES string of the molecule is NCc1ccccc1CC(=O)c1cncc(F)c1. The molecule has 0 amide bonds. The average Bonchev–Trinajstić information content (AvgIpc) is 2.39. The second-order valence-corrected chi connectivity index (χ2v) is 3.96. The van der Waals surface area contributed by atoms with E-state index in [-0.39, 0.29) is 17.8 Å². The highest BCUT2D eigenvalue weighted by atomic mass is 19.1. The fraction of sp³-hybridized carbons (Fsp3) is 0.143. The largest absolute Gasteiger partial charge is 0.326 e. The van der Waals surface area contributed by atoms with Gasteiger partial charge < -0.3 is 5.73 Å². The second kappa shape index (κ2) is 5.51. The molecule has 92 valence electrons. The van der Waals surface area contributed by atoms with Crippen LogP contribution in [0, 0.1) is 5.82 Å². The zero-order valence-electron chi connectivity index (χ0n) is 9.77. The van der Waals surface area contributed by atoms with Crippen LogP contribution in [0.5, 0.6) is 0 Å². The van der Waals surface area contributed by atoms with Gasteiger partial charge in [0.25, 0.3) is 0 Å². The summed E-state index contributed by atoms with van der Waals surface area (Å²) in [6.07, 6.45) is 2.65. The normalized spacial score (nSPS) is 10.3. The Labute approximate surface area is 104 Å². The van der Waals surface area contributed by atoms with Gasteiger partial charge in [-0.05, 0) is 17.2 Å². The third kappa shape index (κ3) is 2.78. The third-order valence-corrected chi connectivity index (χ3v) is 2.72. The van der Waals surface area contributed by atoms with E-state index < -0.39 is 5.82 Å². The Kier molecular flexibility index (Phi) is 3.79. The molecule has 0 aliphatic carbocycles. The first-order chi connectivity index (χ1) is 8.70. The Morgan fingerprint density at radius 3 is 2.61 bits per heavy atom. The molecule has 0 aliphatic heterocycles. The van der Waals surface area contributed by atoms with Gasteiger partial charge in [0, 0.05) is 24.7 Å². The fourth-order valence-electron chi connectivity index (χ4n) is 1.77. The van der Waals surface area contributed by atoms with E-state index >= 15 is 0 Å². The molecule has 0 saturated carbocycles. The summed E-state index contributed by atoms with van der Waals surface area (Å²) < 4.78 is 13.0. The van der Waals surface area contributed by atoms with Crippen molar-refractivity contribution in [3.8, 4) is 0 Å². The Bertz CT molecular complexity index is 569. The van der Waals surface area contributed by atoms with Crippen molar-refractivity contribution in [3.63, 3.8) is 0 Å². The van der Waals surface area contributed by atoms with E-state index in [4.69, 9.17) is 5.73 Å². The first kappa shape index (κ1) is 12.4. The molecule has 2 N–H and O–H groups in total. The lowest BCUT2D eigenvalue weighted by Crippen LogP contribution is -2.08. The summed E-state index contributed by atoms with van der Waals surface area (Å²) in [7, 11) is 0. The number of benzene rings is 1. The van der Waals surface area contributed by atoms with Gasteiger partial charge in [0.2, 0.25) is 0 Å². The maximum Gasteiger partial charge on any atom is 0.168 e. The molecule has 0 atom stereocenters.